The Morgan fingerprint density at radius 2 is 1.85 bits per heavy atom. The number of ether oxygens (including phenoxy) is 1. The maximum Gasteiger partial charge on any atom is 0.220 e. The zero-order chi connectivity index (χ0) is 19.1. The second-order valence-corrected chi connectivity index (χ2v) is 6.71. The van der Waals surface area contributed by atoms with Crippen LogP contribution in [0.4, 0.5) is 4.39 Å². The van der Waals surface area contributed by atoms with E-state index in [0.29, 0.717) is 19.3 Å². The fourth-order valence-electron chi connectivity index (χ4n) is 3.25. The molecule has 5 atom stereocenters. The molecule has 2 rings (SSSR count). The third kappa shape index (κ3) is 5.48. The number of rotatable bonds is 8. The molecule has 26 heavy (non-hydrogen) atoms. The number of benzene rings is 1. The molecular weight excluding hydrogens is 341 g/mol. The van der Waals surface area contributed by atoms with Crippen LogP contribution in [0.15, 0.2) is 24.3 Å². The van der Waals surface area contributed by atoms with Crippen LogP contribution in [0.3, 0.4) is 0 Å². The normalized spacial score (nSPS) is 28.7. The third-order valence-corrected chi connectivity index (χ3v) is 4.79. The van der Waals surface area contributed by atoms with E-state index in [2.05, 4.69) is 5.32 Å². The summed E-state index contributed by atoms with van der Waals surface area (Å²) in [5, 5.41) is 32.2. The zero-order valence-electron chi connectivity index (χ0n) is 15.0. The predicted octanol–water partition coefficient (Wildman–Crippen LogP) is 0.915. The SMILES string of the molecule is CC[C@@H]1OC(CO)[C@@H](O)C(O)[C@@H]1NC(=O)CCCCc1ccc(F)cc1. The fourth-order valence-corrected chi connectivity index (χ4v) is 3.25. The summed E-state index contributed by atoms with van der Waals surface area (Å²) in [6.07, 6.45) is -0.707. The maximum absolute atomic E-state index is 12.9. The number of unbranched alkanes of at least 4 members (excludes halogenated alkanes) is 1. The highest BCUT2D eigenvalue weighted by Crippen LogP contribution is 2.23. The molecule has 0 radical (unpaired) electrons. The van der Waals surface area contributed by atoms with Crippen molar-refractivity contribution in [3.05, 3.63) is 35.6 Å². The summed E-state index contributed by atoms with van der Waals surface area (Å²) in [6.45, 7) is 1.46. The van der Waals surface area contributed by atoms with Gasteiger partial charge in [-0.1, -0.05) is 19.1 Å². The van der Waals surface area contributed by atoms with Gasteiger partial charge in [0.05, 0.1) is 18.8 Å². The Morgan fingerprint density at radius 1 is 1.15 bits per heavy atom. The predicted molar refractivity (Wildman–Crippen MR) is 93.9 cm³/mol. The number of aliphatic hydroxyl groups excluding tert-OH is 3. The second-order valence-electron chi connectivity index (χ2n) is 6.71. The topological polar surface area (TPSA) is 99.0 Å². The monoisotopic (exact) mass is 369 g/mol. The van der Waals surface area contributed by atoms with Crippen molar-refractivity contribution in [2.75, 3.05) is 6.61 Å². The Balaban J connectivity index is 1.77. The van der Waals surface area contributed by atoms with Crippen molar-refractivity contribution in [3.63, 3.8) is 0 Å². The molecule has 1 saturated heterocycles. The Morgan fingerprint density at radius 3 is 2.46 bits per heavy atom. The lowest BCUT2D eigenvalue weighted by molar-refractivity contribution is -0.195. The minimum Gasteiger partial charge on any atom is -0.394 e. The highest BCUT2D eigenvalue weighted by atomic mass is 19.1. The molecule has 1 amide bonds. The lowest BCUT2D eigenvalue weighted by Crippen LogP contribution is -2.64. The first kappa shape index (κ1) is 20.8. The highest BCUT2D eigenvalue weighted by molar-refractivity contribution is 5.76. The highest BCUT2D eigenvalue weighted by Gasteiger charge is 2.43. The summed E-state index contributed by atoms with van der Waals surface area (Å²) in [5.41, 5.74) is 1.02. The first-order chi connectivity index (χ1) is 12.5. The lowest BCUT2D eigenvalue weighted by atomic mass is 9.91. The van der Waals surface area contributed by atoms with E-state index in [0.717, 1.165) is 18.4 Å². The Kier molecular flexibility index (Phi) is 7.96. The summed E-state index contributed by atoms with van der Waals surface area (Å²) >= 11 is 0. The number of carbonyl (C=O) groups is 1. The van der Waals surface area contributed by atoms with Crippen LogP contribution in [0, 0.1) is 5.82 Å². The Hall–Kier alpha value is -1.54. The minimum absolute atomic E-state index is 0.218. The van der Waals surface area contributed by atoms with Crippen molar-refractivity contribution >= 4 is 5.91 Å². The van der Waals surface area contributed by atoms with Crippen molar-refractivity contribution < 1.29 is 29.2 Å². The summed E-state index contributed by atoms with van der Waals surface area (Å²) < 4.78 is 18.4. The Labute approximate surface area is 153 Å². The van der Waals surface area contributed by atoms with Gasteiger partial charge in [-0.2, -0.15) is 0 Å². The van der Waals surface area contributed by atoms with E-state index in [1.165, 1.54) is 12.1 Å². The van der Waals surface area contributed by atoms with Crippen molar-refractivity contribution in [2.45, 2.75) is 69.5 Å². The fraction of sp³-hybridized carbons (Fsp3) is 0.632. The largest absolute Gasteiger partial charge is 0.394 e. The molecule has 7 heteroatoms. The van der Waals surface area contributed by atoms with Crippen LogP contribution in [0.2, 0.25) is 0 Å². The van der Waals surface area contributed by atoms with E-state index in [1.807, 2.05) is 6.92 Å². The van der Waals surface area contributed by atoms with Crippen LogP contribution < -0.4 is 5.32 Å². The molecule has 0 aliphatic carbocycles. The molecule has 1 aromatic rings. The van der Waals surface area contributed by atoms with Gasteiger partial charge in [-0.05, 0) is 43.4 Å². The summed E-state index contributed by atoms with van der Waals surface area (Å²) in [5.74, 6) is -0.484. The first-order valence-electron chi connectivity index (χ1n) is 9.12. The molecule has 0 bridgehead atoms. The van der Waals surface area contributed by atoms with Gasteiger partial charge in [-0.3, -0.25) is 4.79 Å². The van der Waals surface area contributed by atoms with E-state index < -0.39 is 37.1 Å². The van der Waals surface area contributed by atoms with Crippen molar-refractivity contribution in [2.24, 2.45) is 0 Å². The minimum atomic E-state index is -1.24. The number of aliphatic hydroxyl groups is 3. The lowest BCUT2D eigenvalue weighted by Gasteiger charge is -2.42. The molecule has 0 spiro atoms. The van der Waals surface area contributed by atoms with Gasteiger partial charge < -0.3 is 25.4 Å². The third-order valence-electron chi connectivity index (χ3n) is 4.79. The molecule has 0 aromatic heterocycles. The van der Waals surface area contributed by atoms with Crippen molar-refractivity contribution in [1.82, 2.24) is 5.32 Å². The summed E-state index contributed by atoms with van der Waals surface area (Å²) in [6, 6.07) is 5.60. The molecule has 2 unspecified atom stereocenters. The number of nitrogens with one attached hydrogen (secondary N) is 1. The number of halogens is 1. The number of amides is 1. The van der Waals surface area contributed by atoms with Crippen LogP contribution in [0.5, 0.6) is 0 Å². The zero-order valence-corrected chi connectivity index (χ0v) is 15.0. The van der Waals surface area contributed by atoms with Gasteiger partial charge in [0.2, 0.25) is 5.91 Å². The van der Waals surface area contributed by atoms with Crippen molar-refractivity contribution in [3.8, 4) is 0 Å². The van der Waals surface area contributed by atoms with Gasteiger partial charge >= 0.3 is 0 Å². The molecule has 0 saturated carbocycles. The van der Waals surface area contributed by atoms with Crippen LogP contribution in [0.25, 0.3) is 0 Å². The van der Waals surface area contributed by atoms with Gasteiger partial charge in [0.15, 0.2) is 0 Å². The molecule has 4 N–H and O–H groups in total. The van der Waals surface area contributed by atoms with Gasteiger partial charge in [0.25, 0.3) is 0 Å². The second kappa shape index (κ2) is 9.97. The smallest absolute Gasteiger partial charge is 0.220 e. The molecule has 1 fully saturated rings. The van der Waals surface area contributed by atoms with Crippen LogP contribution in [0.1, 0.15) is 38.2 Å². The summed E-state index contributed by atoms with van der Waals surface area (Å²) in [7, 11) is 0. The van der Waals surface area contributed by atoms with Gasteiger partial charge in [-0.25, -0.2) is 4.39 Å². The number of carbonyl (C=O) groups excluding carboxylic acids is 1. The first-order valence-corrected chi connectivity index (χ1v) is 9.12. The molecule has 6 nitrogen and oxygen atoms in total. The van der Waals surface area contributed by atoms with E-state index in [9.17, 15) is 24.5 Å². The van der Waals surface area contributed by atoms with Crippen LogP contribution >= 0.6 is 0 Å². The van der Waals surface area contributed by atoms with Gasteiger partial charge in [0, 0.05) is 6.42 Å². The summed E-state index contributed by atoms with van der Waals surface area (Å²) in [4.78, 5) is 12.2. The molecule has 1 aromatic carbocycles. The van der Waals surface area contributed by atoms with E-state index >= 15 is 0 Å². The quantitative estimate of drug-likeness (QED) is 0.511. The molecule has 1 aliphatic heterocycles. The standard InChI is InChI=1S/C19H28FNO5/c1-2-14-17(19(25)18(24)15(11-22)26-14)21-16(23)6-4-3-5-12-7-9-13(20)10-8-12/h7-10,14-15,17-19,22,24-25H,2-6,11H2,1H3,(H,21,23)/t14-,15?,17+,18+,19?/m0/s1. The number of aryl methyl sites for hydroxylation is 1. The molecule has 1 heterocycles. The van der Waals surface area contributed by atoms with E-state index in [-0.39, 0.29) is 11.7 Å². The van der Waals surface area contributed by atoms with Gasteiger partial charge in [-0.15, -0.1) is 0 Å². The van der Waals surface area contributed by atoms with Crippen molar-refractivity contribution in [1.29, 1.82) is 0 Å². The molecular formula is C19H28FNO5. The average Bonchev–Trinajstić information content (AvgIpc) is 2.64. The van der Waals surface area contributed by atoms with Crippen LogP contribution in [-0.2, 0) is 16.0 Å². The number of hydrogen-bond acceptors (Lipinski definition) is 5. The number of hydrogen-bond donors (Lipinski definition) is 4. The van der Waals surface area contributed by atoms with Crippen LogP contribution in [-0.4, -0.2) is 58.3 Å². The maximum atomic E-state index is 12.9. The molecule has 146 valence electrons. The molecule has 1 aliphatic rings. The Bertz CT molecular complexity index is 566. The van der Waals surface area contributed by atoms with E-state index in [4.69, 9.17) is 4.74 Å². The van der Waals surface area contributed by atoms with E-state index in [1.54, 1.807) is 12.1 Å². The van der Waals surface area contributed by atoms with Gasteiger partial charge in [0.1, 0.15) is 24.1 Å². The average molecular weight is 369 g/mol.